The van der Waals surface area contributed by atoms with E-state index in [2.05, 4.69) is 0 Å². The van der Waals surface area contributed by atoms with Crippen LogP contribution in [0.15, 0.2) is 12.1 Å². The molecular formula is C14H18ClNO2. The van der Waals surface area contributed by atoms with Crippen molar-refractivity contribution in [2.24, 2.45) is 11.1 Å². The van der Waals surface area contributed by atoms with Crippen molar-refractivity contribution in [1.29, 1.82) is 0 Å². The molecule has 2 rings (SSSR count). The number of methoxy groups -OCH3 is 1. The number of Topliss-reactive ketones (excluding diaryl/α,β-unsaturated/α-hetero) is 1. The molecule has 0 amide bonds. The van der Waals surface area contributed by atoms with Crippen LogP contribution in [0.2, 0.25) is 5.02 Å². The highest BCUT2D eigenvalue weighted by atomic mass is 35.5. The molecule has 1 aromatic rings. The van der Waals surface area contributed by atoms with Crippen molar-refractivity contribution in [3.05, 3.63) is 28.3 Å². The van der Waals surface area contributed by atoms with Gasteiger partial charge >= 0.3 is 0 Å². The molecule has 0 radical (unpaired) electrons. The molecule has 0 unspecified atom stereocenters. The highest BCUT2D eigenvalue weighted by Gasteiger charge is 2.44. The molecular weight excluding hydrogens is 250 g/mol. The Morgan fingerprint density at radius 3 is 2.61 bits per heavy atom. The van der Waals surface area contributed by atoms with Gasteiger partial charge in [0.1, 0.15) is 5.75 Å². The zero-order valence-electron chi connectivity index (χ0n) is 10.8. The van der Waals surface area contributed by atoms with Gasteiger partial charge in [0.2, 0.25) is 0 Å². The summed E-state index contributed by atoms with van der Waals surface area (Å²) in [5.41, 5.74) is 6.83. The molecule has 1 aliphatic carbocycles. The average molecular weight is 268 g/mol. The first-order valence-electron chi connectivity index (χ1n) is 6.13. The van der Waals surface area contributed by atoms with Crippen LogP contribution in [-0.2, 0) is 0 Å². The summed E-state index contributed by atoms with van der Waals surface area (Å²) < 4.78 is 5.29. The third kappa shape index (κ3) is 2.02. The van der Waals surface area contributed by atoms with Gasteiger partial charge in [-0.05, 0) is 37.5 Å². The molecule has 18 heavy (non-hydrogen) atoms. The molecule has 4 heteroatoms. The Morgan fingerprint density at radius 1 is 1.50 bits per heavy atom. The second-order valence-electron chi connectivity index (χ2n) is 4.97. The fourth-order valence-electron chi connectivity index (χ4n) is 2.41. The maximum absolute atomic E-state index is 12.6. The van der Waals surface area contributed by atoms with Gasteiger partial charge in [0, 0.05) is 17.0 Å². The number of ketones is 1. The van der Waals surface area contributed by atoms with E-state index in [-0.39, 0.29) is 5.78 Å². The molecule has 3 nitrogen and oxygen atoms in total. The Hall–Kier alpha value is -1.06. The van der Waals surface area contributed by atoms with E-state index in [1.807, 2.05) is 6.92 Å². The predicted octanol–water partition coefficient (Wildman–Crippen LogP) is 2.97. The molecule has 98 valence electrons. The molecule has 1 aromatic carbocycles. The van der Waals surface area contributed by atoms with Gasteiger partial charge in [-0.2, -0.15) is 0 Å². The van der Waals surface area contributed by atoms with Crippen molar-refractivity contribution < 1.29 is 9.53 Å². The van der Waals surface area contributed by atoms with E-state index >= 15 is 0 Å². The first kappa shape index (κ1) is 13.4. The summed E-state index contributed by atoms with van der Waals surface area (Å²) in [6.07, 6.45) is 2.78. The van der Waals surface area contributed by atoms with Crippen molar-refractivity contribution in [3.63, 3.8) is 0 Å². The molecule has 0 heterocycles. The molecule has 0 bridgehead atoms. The zero-order chi connectivity index (χ0) is 13.3. The van der Waals surface area contributed by atoms with Crippen LogP contribution < -0.4 is 10.5 Å². The maximum atomic E-state index is 12.6. The second-order valence-corrected chi connectivity index (χ2v) is 5.38. The lowest BCUT2D eigenvalue weighted by Gasteiger charge is -2.39. The quantitative estimate of drug-likeness (QED) is 0.854. The van der Waals surface area contributed by atoms with Crippen molar-refractivity contribution >= 4 is 17.4 Å². The Kier molecular flexibility index (Phi) is 3.64. The number of nitrogens with two attached hydrogens (primary N) is 1. The summed E-state index contributed by atoms with van der Waals surface area (Å²) in [4.78, 5) is 12.6. The third-order valence-electron chi connectivity index (χ3n) is 3.91. The number of benzene rings is 1. The molecule has 1 aliphatic rings. The molecule has 0 saturated heterocycles. The van der Waals surface area contributed by atoms with Crippen LogP contribution >= 0.6 is 11.6 Å². The minimum absolute atomic E-state index is 0.0648. The van der Waals surface area contributed by atoms with Crippen LogP contribution in [0.4, 0.5) is 0 Å². The summed E-state index contributed by atoms with van der Waals surface area (Å²) in [5.74, 6) is 0.650. The van der Waals surface area contributed by atoms with E-state index in [0.29, 0.717) is 22.9 Å². The van der Waals surface area contributed by atoms with Crippen LogP contribution in [0.3, 0.4) is 0 Å². The van der Waals surface area contributed by atoms with E-state index in [1.165, 1.54) is 0 Å². The standard InChI is InChI=1S/C14H18ClNO2/c1-9-6-12(18-2)10(7-11(9)15)13(17)14(8-16)4-3-5-14/h6-7H,3-5,8,16H2,1-2H3. The minimum atomic E-state index is -0.397. The molecule has 0 aliphatic heterocycles. The number of hydrogen-bond acceptors (Lipinski definition) is 3. The summed E-state index contributed by atoms with van der Waals surface area (Å²) >= 11 is 6.10. The van der Waals surface area contributed by atoms with E-state index in [9.17, 15) is 4.79 Å². The number of aryl methyl sites for hydroxylation is 1. The van der Waals surface area contributed by atoms with Crippen LogP contribution in [0.1, 0.15) is 35.2 Å². The average Bonchev–Trinajstić information content (AvgIpc) is 2.31. The largest absolute Gasteiger partial charge is 0.496 e. The number of carbonyl (C=O) groups excluding carboxylic acids is 1. The smallest absolute Gasteiger partial charge is 0.174 e. The summed E-state index contributed by atoms with van der Waals surface area (Å²) in [6.45, 7) is 2.28. The van der Waals surface area contributed by atoms with Crippen LogP contribution in [0.25, 0.3) is 0 Å². The van der Waals surface area contributed by atoms with Crippen LogP contribution in [-0.4, -0.2) is 19.4 Å². The van der Waals surface area contributed by atoms with Crippen molar-refractivity contribution in [3.8, 4) is 5.75 Å². The number of hydrogen-bond donors (Lipinski definition) is 1. The second kappa shape index (κ2) is 4.90. The fraction of sp³-hybridized carbons (Fsp3) is 0.500. The van der Waals surface area contributed by atoms with Crippen LogP contribution in [0, 0.1) is 12.3 Å². The monoisotopic (exact) mass is 267 g/mol. The summed E-state index contributed by atoms with van der Waals surface area (Å²) in [5, 5.41) is 0.589. The Bertz CT molecular complexity index is 475. The number of ether oxygens (including phenoxy) is 1. The van der Waals surface area contributed by atoms with Crippen LogP contribution in [0.5, 0.6) is 5.75 Å². The molecule has 1 fully saturated rings. The highest BCUT2D eigenvalue weighted by Crippen LogP contribution is 2.44. The van der Waals surface area contributed by atoms with Gasteiger partial charge in [0.05, 0.1) is 12.7 Å². The van der Waals surface area contributed by atoms with Gasteiger partial charge in [-0.3, -0.25) is 4.79 Å². The maximum Gasteiger partial charge on any atom is 0.174 e. The molecule has 2 N–H and O–H groups in total. The lowest BCUT2D eigenvalue weighted by molar-refractivity contribution is 0.0632. The third-order valence-corrected chi connectivity index (χ3v) is 4.32. The van der Waals surface area contributed by atoms with Gasteiger partial charge < -0.3 is 10.5 Å². The van der Waals surface area contributed by atoms with E-state index in [1.54, 1.807) is 19.2 Å². The van der Waals surface area contributed by atoms with Crippen molar-refractivity contribution in [2.45, 2.75) is 26.2 Å². The molecule has 0 aromatic heterocycles. The zero-order valence-corrected chi connectivity index (χ0v) is 11.5. The van der Waals surface area contributed by atoms with Gasteiger partial charge in [-0.15, -0.1) is 0 Å². The summed E-state index contributed by atoms with van der Waals surface area (Å²) in [7, 11) is 1.56. The fourth-order valence-corrected chi connectivity index (χ4v) is 2.58. The first-order chi connectivity index (χ1) is 8.54. The van der Waals surface area contributed by atoms with Gasteiger partial charge in [0.25, 0.3) is 0 Å². The molecule has 1 saturated carbocycles. The minimum Gasteiger partial charge on any atom is -0.496 e. The normalized spacial score (nSPS) is 17.1. The van der Waals surface area contributed by atoms with E-state index in [4.69, 9.17) is 22.1 Å². The first-order valence-corrected chi connectivity index (χ1v) is 6.51. The number of carbonyl (C=O) groups is 1. The van der Waals surface area contributed by atoms with Gasteiger partial charge in [0.15, 0.2) is 5.78 Å². The topological polar surface area (TPSA) is 52.3 Å². The Morgan fingerprint density at radius 2 is 2.17 bits per heavy atom. The molecule has 0 atom stereocenters. The SMILES string of the molecule is COc1cc(C)c(Cl)cc1C(=O)C1(CN)CCC1. The number of halogens is 1. The van der Waals surface area contributed by atoms with E-state index in [0.717, 1.165) is 24.8 Å². The lowest BCUT2D eigenvalue weighted by Crippen LogP contribution is -2.44. The van der Waals surface area contributed by atoms with E-state index < -0.39 is 5.41 Å². The molecule has 0 spiro atoms. The summed E-state index contributed by atoms with van der Waals surface area (Å²) in [6, 6.07) is 3.51. The van der Waals surface area contributed by atoms with Gasteiger partial charge in [-0.25, -0.2) is 0 Å². The van der Waals surface area contributed by atoms with Gasteiger partial charge in [-0.1, -0.05) is 18.0 Å². The van der Waals surface area contributed by atoms with Crippen molar-refractivity contribution in [1.82, 2.24) is 0 Å². The predicted molar refractivity (Wildman–Crippen MR) is 72.4 cm³/mol. The Balaban J connectivity index is 2.44. The lowest BCUT2D eigenvalue weighted by atomic mass is 9.64. The Labute approximate surface area is 112 Å². The van der Waals surface area contributed by atoms with Crippen molar-refractivity contribution in [2.75, 3.05) is 13.7 Å². The highest BCUT2D eigenvalue weighted by molar-refractivity contribution is 6.32. The number of rotatable bonds is 4.